The van der Waals surface area contributed by atoms with Crippen LogP contribution in [0.2, 0.25) is 0 Å². The number of fused-ring (bicyclic) bond motifs is 4. The summed E-state index contributed by atoms with van der Waals surface area (Å²) in [5.41, 5.74) is 4.87. The van der Waals surface area contributed by atoms with Crippen LogP contribution in [0.4, 0.5) is 0 Å². The van der Waals surface area contributed by atoms with Gasteiger partial charge >= 0.3 is 0 Å². The molecule has 0 radical (unpaired) electrons. The maximum atomic E-state index is 13.4. The van der Waals surface area contributed by atoms with E-state index in [1.54, 1.807) is 0 Å². The maximum Gasteiger partial charge on any atom is 0.197 e. The smallest absolute Gasteiger partial charge is 0.197 e. The van der Waals surface area contributed by atoms with Crippen molar-refractivity contribution in [3.05, 3.63) is 86.6 Å². The highest BCUT2D eigenvalue weighted by molar-refractivity contribution is 14.1. The molecule has 0 aliphatic heterocycles. The van der Waals surface area contributed by atoms with Crippen molar-refractivity contribution in [1.29, 1.82) is 0 Å². The van der Waals surface area contributed by atoms with E-state index in [1.165, 1.54) is 0 Å². The first-order valence-electron chi connectivity index (χ1n) is 8.32. The Labute approximate surface area is 162 Å². The Morgan fingerprint density at radius 2 is 1.50 bits per heavy atom. The number of nitrogens with zero attached hydrogens (tertiary/aromatic N) is 1. The van der Waals surface area contributed by atoms with Gasteiger partial charge in [0.15, 0.2) is 5.43 Å². The summed E-state index contributed by atoms with van der Waals surface area (Å²) in [4.78, 5) is 21.7. The molecule has 5 aromatic rings. The summed E-state index contributed by atoms with van der Waals surface area (Å²) in [6.07, 6.45) is 0. The van der Waals surface area contributed by atoms with E-state index in [2.05, 4.69) is 27.6 Å². The minimum absolute atomic E-state index is 0.00383. The largest absolute Gasteiger partial charge is 0.353 e. The molecule has 3 aromatic carbocycles. The van der Waals surface area contributed by atoms with Gasteiger partial charge < -0.3 is 4.98 Å². The third-order valence-corrected chi connectivity index (χ3v) is 5.39. The number of rotatable bonds is 1. The molecule has 26 heavy (non-hydrogen) atoms. The Bertz CT molecular complexity index is 1350. The zero-order valence-electron chi connectivity index (χ0n) is 13.7. The average Bonchev–Trinajstić information content (AvgIpc) is 2.96. The van der Waals surface area contributed by atoms with E-state index in [-0.39, 0.29) is 5.43 Å². The van der Waals surface area contributed by atoms with Gasteiger partial charge in [0.2, 0.25) is 0 Å². The van der Waals surface area contributed by atoms with Gasteiger partial charge in [0.05, 0.1) is 22.1 Å². The molecular formula is C22H13IN2O. The van der Waals surface area contributed by atoms with Crippen molar-refractivity contribution in [3.63, 3.8) is 0 Å². The van der Waals surface area contributed by atoms with Crippen molar-refractivity contribution in [2.24, 2.45) is 0 Å². The third-order valence-electron chi connectivity index (χ3n) is 4.67. The molecule has 5 rings (SSSR count). The lowest BCUT2D eigenvalue weighted by atomic mass is 10.0. The van der Waals surface area contributed by atoms with E-state index >= 15 is 0 Å². The summed E-state index contributed by atoms with van der Waals surface area (Å²) < 4.78 is 1.13. The Kier molecular flexibility index (Phi) is 3.53. The van der Waals surface area contributed by atoms with Crippen molar-refractivity contribution in [2.75, 3.05) is 0 Å². The standard InChI is InChI=1S/C22H13IN2O/c23-14-11-9-13(10-12-14)19-21-20(15-5-1-3-7-17(15)25-21)24-18-8-4-2-6-16(18)22(19)26/h1-12,25H. The Hall–Kier alpha value is -2.73. The molecular weight excluding hydrogens is 435 g/mol. The van der Waals surface area contributed by atoms with Crippen molar-refractivity contribution in [2.45, 2.75) is 0 Å². The normalized spacial score (nSPS) is 11.4. The second kappa shape index (κ2) is 5.92. The molecule has 2 aromatic heterocycles. The zero-order valence-corrected chi connectivity index (χ0v) is 15.8. The third kappa shape index (κ3) is 2.33. The molecule has 0 aliphatic carbocycles. The molecule has 124 valence electrons. The van der Waals surface area contributed by atoms with Gasteiger partial charge in [0, 0.05) is 19.9 Å². The second-order valence-electron chi connectivity index (χ2n) is 6.23. The summed E-state index contributed by atoms with van der Waals surface area (Å²) >= 11 is 2.27. The number of hydrogen-bond acceptors (Lipinski definition) is 2. The van der Waals surface area contributed by atoms with E-state index in [4.69, 9.17) is 4.98 Å². The fourth-order valence-corrected chi connectivity index (χ4v) is 3.81. The van der Waals surface area contributed by atoms with E-state index in [0.717, 1.165) is 31.1 Å². The quantitative estimate of drug-likeness (QED) is 0.344. The highest BCUT2D eigenvalue weighted by Gasteiger charge is 2.15. The van der Waals surface area contributed by atoms with Gasteiger partial charge in [0.25, 0.3) is 0 Å². The first kappa shape index (κ1) is 15.5. The Balaban J connectivity index is 2.08. The summed E-state index contributed by atoms with van der Waals surface area (Å²) in [5.74, 6) is 0. The van der Waals surface area contributed by atoms with Crippen LogP contribution >= 0.6 is 22.6 Å². The summed E-state index contributed by atoms with van der Waals surface area (Å²) in [6, 6.07) is 23.6. The van der Waals surface area contributed by atoms with E-state index in [1.807, 2.05) is 72.8 Å². The zero-order chi connectivity index (χ0) is 17.7. The second-order valence-corrected chi connectivity index (χ2v) is 7.48. The lowest BCUT2D eigenvalue weighted by molar-refractivity contribution is 1.51. The number of aromatic nitrogens is 2. The number of benzene rings is 3. The van der Waals surface area contributed by atoms with Crippen LogP contribution in [0.1, 0.15) is 0 Å². The molecule has 4 heteroatoms. The summed E-state index contributed by atoms with van der Waals surface area (Å²) in [6.45, 7) is 0. The summed E-state index contributed by atoms with van der Waals surface area (Å²) in [7, 11) is 0. The molecule has 3 nitrogen and oxygen atoms in total. The highest BCUT2D eigenvalue weighted by Crippen LogP contribution is 2.30. The molecule has 0 bridgehead atoms. The molecule has 0 saturated carbocycles. The topological polar surface area (TPSA) is 45.8 Å². The van der Waals surface area contributed by atoms with Crippen molar-refractivity contribution in [1.82, 2.24) is 9.97 Å². The van der Waals surface area contributed by atoms with Crippen LogP contribution in [0.15, 0.2) is 77.6 Å². The lowest BCUT2D eigenvalue weighted by Crippen LogP contribution is -2.02. The van der Waals surface area contributed by atoms with Crippen LogP contribution in [-0.2, 0) is 0 Å². The average molecular weight is 448 g/mol. The monoisotopic (exact) mass is 448 g/mol. The maximum absolute atomic E-state index is 13.4. The van der Waals surface area contributed by atoms with Gasteiger partial charge in [-0.15, -0.1) is 0 Å². The van der Waals surface area contributed by atoms with Crippen LogP contribution in [0, 0.1) is 3.57 Å². The van der Waals surface area contributed by atoms with Crippen molar-refractivity contribution < 1.29 is 0 Å². The SMILES string of the molecule is O=c1c(-c2ccc(I)cc2)c2[nH]c3ccccc3c2nc2ccccc12. The Morgan fingerprint density at radius 3 is 2.31 bits per heavy atom. The molecule has 0 atom stereocenters. The van der Waals surface area contributed by atoms with Gasteiger partial charge in [-0.25, -0.2) is 4.98 Å². The van der Waals surface area contributed by atoms with Gasteiger partial charge in [-0.3, -0.25) is 4.79 Å². The number of halogens is 1. The van der Waals surface area contributed by atoms with E-state index < -0.39 is 0 Å². The Morgan fingerprint density at radius 1 is 0.808 bits per heavy atom. The molecule has 0 amide bonds. The molecule has 2 heterocycles. The van der Waals surface area contributed by atoms with Crippen molar-refractivity contribution >= 4 is 55.4 Å². The number of para-hydroxylation sites is 2. The van der Waals surface area contributed by atoms with Crippen LogP contribution in [0.3, 0.4) is 0 Å². The van der Waals surface area contributed by atoms with Gasteiger partial charge in [-0.2, -0.15) is 0 Å². The number of H-pyrrole nitrogens is 1. The van der Waals surface area contributed by atoms with Gasteiger partial charge in [-0.1, -0.05) is 42.5 Å². The highest BCUT2D eigenvalue weighted by atomic mass is 127. The molecule has 0 fully saturated rings. The molecule has 0 aliphatic rings. The molecule has 0 spiro atoms. The lowest BCUT2D eigenvalue weighted by Gasteiger charge is -2.00. The van der Waals surface area contributed by atoms with Gasteiger partial charge in [-0.05, 0) is 58.5 Å². The van der Waals surface area contributed by atoms with Gasteiger partial charge in [0.1, 0.15) is 0 Å². The number of aromatic amines is 1. The van der Waals surface area contributed by atoms with Crippen LogP contribution in [-0.4, -0.2) is 9.97 Å². The number of nitrogens with one attached hydrogen (secondary N) is 1. The number of hydrogen-bond donors (Lipinski definition) is 1. The minimum Gasteiger partial charge on any atom is -0.353 e. The van der Waals surface area contributed by atoms with E-state index in [0.29, 0.717) is 16.5 Å². The van der Waals surface area contributed by atoms with E-state index in [9.17, 15) is 4.79 Å². The molecule has 0 unspecified atom stereocenters. The molecule has 1 N–H and O–H groups in total. The molecule has 0 saturated heterocycles. The van der Waals surface area contributed by atoms with Crippen LogP contribution < -0.4 is 5.43 Å². The predicted octanol–water partition coefficient (Wildman–Crippen LogP) is 5.50. The first-order valence-corrected chi connectivity index (χ1v) is 9.40. The van der Waals surface area contributed by atoms with Crippen molar-refractivity contribution in [3.8, 4) is 11.1 Å². The van der Waals surface area contributed by atoms with Crippen LogP contribution in [0.25, 0.3) is 44.0 Å². The minimum atomic E-state index is -0.00383. The predicted molar refractivity (Wildman–Crippen MR) is 116 cm³/mol. The first-order chi connectivity index (χ1) is 12.7. The van der Waals surface area contributed by atoms with Crippen LogP contribution in [0.5, 0.6) is 0 Å². The fourth-order valence-electron chi connectivity index (χ4n) is 3.45. The fraction of sp³-hybridized carbons (Fsp3) is 0. The summed E-state index contributed by atoms with van der Waals surface area (Å²) in [5, 5.41) is 1.66.